The maximum Gasteiger partial charge on any atom is 0.413 e. The van der Waals surface area contributed by atoms with Crippen LogP contribution in [0.3, 0.4) is 0 Å². The van der Waals surface area contributed by atoms with Gasteiger partial charge in [-0.3, -0.25) is 4.90 Å². The number of aryl methyl sites for hydroxylation is 1. The first-order valence-electron chi connectivity index (χ1n) is 6.92. The molecule has 4 heteroatoms. The standard InChI is InChI=1S/C16H20N2O2/c1-4-5-12(3)18(16(19)20)15-9-7-13-10-11(2)6-8-14(13)17-15/h6-10,12H,4-5H2,1-3H3,(H,19,20). The Morgan fingerprint density at radius 1 is 1.35 bits per heavy atom. The van der Waals surface area contributed by atoms with Gasteiger partial charge in [0.2, 0.25) is 0 Å². The molecule has 0 aliphatic carbocycles. The Balaban J connectivity index is 2.43. The highest BCUT2D eigenvalue weighted by Crippen LogP contribution is 2.22. The van der Waals surface area contributed by atoms with E-state index in [1.54, 1.807) is 6.07 Å². The Bertz CT molecular complexity index is 625. The Morgan fingerprint density at radius 3 is 2.75 bits per heavy atom. The fourth-order valence-electron chi connectivity index (χ4n) is 2.43. The minimum absolute atomic E-state index is 0.0760. The van der Waals surface area contributed by atoms with Crippen molar-refractivity contribution in [1.82, 2.24) is 4.98 Å². The molecule has 1 amide bonds. The summed E-state index contributed by atoms with van der Waals surface area (Å²) in [7, 11) is 0. The van der Waals surface area contributed by atoms with Crippen molar-refractivity contribution < 1.29 is 9.90 Å². The fraction of sp³-hybridized carbons (Fsp3) is 0.375. The lowest BCUT2D eigenvalue weighted by atomic mass is 10.1. The molecule has 20 heavy (non-hydrogen) atoms. The summed E-state index contributed by atoms with van der Waals surface area (Å²) in [6.07, 6.45) is 0.808. The van der Waals surface area contributed by atoms with Gasteiger partial charge in [0.15, 0.2) is 0 Å². The van der Waals surface area contributed by atoms with Crippen molar-refractivity contribution in [3.05, 3.63) is 35.9 Å². The number of nitrogens with zero attached hydrogens (tertiary/aromatic N) is 2. The highest BCUT2D eigenvalue weighted by molar-refractivity contribution is 5.88. The van der Waals surface area contributed by atoms with Crippen LogP contribution in [0.2, 0.25) is 0 Å². The number of benzene rings is 1. The van der Waals surface area contributed by atoms with E-state index in [2.05, 4.69) is 4.98 Å². The largest absolute Gasteiger partial charge is 0.465 e. The molecule has 1 atom stereocenters. The van der Waals surface area contributed by atoms with E-state index in [4.69, 9.17) is 0 Å². The summed E-state index contributed by atoms with van der Waals surface area (Å²) in [4.78, 5) is 17.3. The van der Waals surface area contributed by atoms with Crippen molar-refractivity contribution in [2.45, 2.75) is 39.7 Å². The predicted octanol–water partition coefficient (Wildman–Crippen LogP) is 4.22. The third kappa shape index (κ3) is 2.90. The lowest BCUT2D eigenvalue weighted by Gasteiger charge is -2.25. The van der Waals surface area contributed by atoms with Crippen molar-refractivity contribution in [3.8, 4) is 0 Å². The van der Waals surface area contributed by atoms with Gasteiger partial charge in [0.05, 0.1) is 5.52 Å². The van der Waals surface area contributed by atoms with Crippen molar-refractivity contribution in [3.63, 3.8) is 0 Å². The van der Waals surface area contributed by atoms with Crippen LogP contribution in [-0.2, 0) is 0 Å². The summed E-state index contributed by atoms with van der Waals surface area (Å²) in [5.74, 6) is 0.495. The number of fused-ring (bicyclic) bond motifs is 1. The van der Waals surface area contributed by atoms with E-state index >= 15 is 0 Å². The first kappa shape index (κ1) is 14.3. The number of hydrogen-bond acceptors (Lipinski definition) is 2. The number of carbonyl (C=O) groups is 1. The summed E-state index contributed by atoms with van der Waals surface area (Å²) in [5, 5.41) is 10.5. The molecular formula is C16H20N2O2. The summed E-state index contributed by atoms with van der Waals surface area (Å²) in [6.45, 7) is 5.99. The molecule has 1 unspecified atom stereocenters. The van der Waals surface area contributed by atoms with Gasteiger partial charge in [-0.05, 0) is 44.5 Å². The van der Waals surface area contributed by atoms with E-state index in [9.17, 15) is 9.90 Å². The Hall–Kier alpha value is -2.10. The van der Waals surface area contributed by atoms with Crippen molar-refractivity contribution in [2.75, 3.05) is 4.90 Å². The molecule has 1 aromatic heterocycles. The maximum atomic E-state index is 11.5. The first-order chi connectivity index (χ1) is 9.52. The lowest BCUT2D eigenvalue weighted by molar-refractivity contribution is 0.199. The van der Waals surface area contributed by atoms with E-state index in [0.29, 0.717) is 5.82 Å². The number of anilines is 1. The molecule has 0 saturated heterocycles. The molecule has 0 aliphatic heterocycles. The second-order valence-corrected chi connectivity index (χ2v) is 5.16. The molecule has 0 fully saturated rings. The van der Waals surface area contributed by atoms with Crippen LogP contribution in [-0.4, -0.2) is 22.2 Å². The molecule has 0 aliphatic rings. The third-order valence-corrected chi connectivity index (χ3v) is 3.43. The number of pyridine rings is 1. The number of aromatic nitrogens is 1. The van der Waals surface area contributed by atoms with Gasteiger partial charge in [-0.1, -0.05) is 25.0 Å². The molecule has 1 aromatic carbocycles. The molecule has 2 aromatic rings. The fourth-order valence-corrected chi connectivity index (χ4v) is 2.43. The minimum Gasteiger partial charge on any atom is -0.465 e. The van der Waals surface area contributed by atoms with Crippen molar-refractivity contribution in [1.29, 1.82) is 0 Å². The molecule has 4 nitrogen and oxygen atoms in total. The van der Waals surface area contributed by atoms with Crippen LogP contribution in [0.1, 0.15) is 32.3 Å². The summed E-state index contributed by atoms with van der Waals surface area (Å²) in [5.41, 5.74) is 1.99. The summed E-state index contributed by atoms with van der Waals surface area (Å²) in [6, 6.07) is 9.60. The van der Waals surface area contributed by atoms with Gasteiger partial charge in [-0.25, -0.2) is 9.78 Å². The monoisotopic (exact) mass is 272 g/mol. The van der Waals surface area contributed by atoms with Crippen molar-refractivity contribution >= 4 is 22.8 Å². The average Bonchev–Trinajstić information content (AvgIpc) is 2.39. The number of carboxylic acid groups (broad SMARTS) is 1. The van der Waals surface area contributed by atoms with E-state index < -0.39 is 6.09 Å². The van der Waals surface area contributed by atoms with Crippen LogP contribution in [0.4, 0.5) is 10.6 Å². The quantitative estimate of drug-likeness (QED) is 0.906. The van der Waals surface area contributed by atoms with Crippen LogP contribution in [0.15, 0.2) is 30.3 Å². The number of amides is 1. The molecule has 1 heterocycles. The van der Waals surface area contributed by atoms with Gasteiger partial charge in [0.1, 0.15) is 5.82 Å². The molecule has 2 rings (SSSR count). The van der Waals surface area contributed by atoms with Crippen molar-refractivity contribution in [2.24, 2.45) is 0 Å². The Kier molecular flexibility index (Phi) is 4.23. The van der Waals surface area contributed by atoms with Crippen LogP contribution < -0.4 is 4.90 Å². The number of rotatable bonds is 4. The maximum absolute atomic E-state index is 11.5. The molecular weight excluding hydrogens is 252 g/mol. The second-order valence-electron chi connectivity index (χ2n) is 5.16. The van der Waals surface area contributed by atoms with Gasteiger partial charge in [-0.15, -0.1) is 0 Å². The topological polar surface area (TPSA) is 53.4 Å². The van der Waals surface area contributed by atoms with Crippen LogP contribution in [0.5, 0.6) is 0 Å². The van der Waals surface area contributed by atoms with Gasteiger partial charge < -0.3 is 5.11 Å². The molecule has 106 valence electrons. The van der Waals surface area contributed by atoms with Gasteiger partial charge in [0.25, 0.3) is 0 Å². The molecule has 0 radical (unpaired) electrons. The van der Waals surface area contributed by atoms with Gasteiger partial charge >= 0.3 is 6.09 Å². The minimum atomic E-state index is -0.954. The zero-order valence-corrected chi connectivity index (χ0v) is 12.1. The van der Waals surface area contributed by atoms with E-state index in [1.165, 1.54) is 10.5 Å². The number of hydrogen-bond donors (Lipinski definition) is 1. The predicted molar refractivity (Wildman–Crippen MR) is 81.4 cm³/mol. The van der Waals surface area contributed by atoms with Crippen LogP contribution in [0.25, 0.3) is 10.9 Å². The normalized spacial score (nSPS) is 12.3. The zero-order chi connectivity index (χ0) is 14.7. The molecule has 1 N–H and O–H groups in total. The van der Waals surface area contributed by atoms with Gasteiger partial charge in [0, 0.05) is 11.4 Å². The first-order valence-corrected chi connectivity index (χ1v) is 6.92. The Morgan fingerprint density at radius 2 is 2.10 bits per heavy atom. The zero-order valence-electron chi connectivity index (χ0n) is 12.1. The Labute approximate surface area is 119 Å². The highest BCUT2D eigenvalue weighted by Gasteiger charge is 2.22. The summed E-state index contributed by atoms with van der Waals surface area (Å²) >= 11 is 0. The second kappa shape index (κ2) is 5.90. The molecule has 0 bridgehead atoms. The SMILES string of the molecule is CCCC(C)N(C(=O)O)c1ccc2cc(C)ccc2n1. The van der Waals surface area contributed by atoms with E-state index in [-0.39, 0.29) is 6.04 Å². The molecule has 0 spiro atoms. The summed E-state index contributed by atoms with van der Waals surface area (Å²) < 4.78 is 0. The smallest absolute Gasteiger partial charge is 0.413 e. The van der Waals surface area contributed by atoms with Gasteiger partial charge in [-0.2, -0.15) is 0 Å². The average molecular weight is 272 g/mol. The van der Waals surface area contributed by atoms with Crippen LogP contribution >= 0.6 is 0 Å². The van der Waals surface area contributed by atoms with Crippen LogP contribution in [0, 0.1) is 6.92 Å². The van der Waals surface area contributed by atoms with E-state index in [0.717, 1.165) is 23.7 Å². The lowest BCUT2D eigenvalue weighted by Crippen LogP contribution is -2.38. The van der Waals surface area contributed by atoms with E-state index in [1.807, 2.05) is 45.0 Å². The molecule has 0 saturated carbocycles. The highest BCUT2D eigenvalue weighted by atomic mass is 16.4. The third-order valence-electron chi connectivity index (χ3n) is 3.43.